The Kier molecular flexibility index (Phi) is 4.72. The van der Waals surface area contributed by atoms with Crippen molar-refractivity contribution in [3.63, 3.8) is 0 Å². The number of hydrogen-bond acceptors (Lipinski definition) is 5. The quantitative estimate of drug-likeness (QED) is 0.880. The molecule has 7 nitrogen and oxygen atoms in total. The third-order valence-electron chi connectivity index (χ3n) is 4.41. The van der Waals surface area contributed by atoms with Crippen molar-refractivity contribution in [2.24, 2.45) is 0 Å². The Balaban J connectivity index is 1.57. The molecule has 3 rings (SSSR count). The highest BCUT2D eigenvalue weighted by atomic mass is 16.2. The molecule has 0 radical (unpaired) electrons. The van der Waals surface area contributed by atoms with Crippen LogP contribution in [0.4, 0.5) is 16.4 Å². The smallest absolute Gasteiger partial charge is 0.320 e. The lowest BCUT2D eigenvalue weighted by Crippen LogP contribution is -2.44. The van der Waals surface area contributed by atoms with Crippen molar-refractivity contribution in [1.29, 1.82) is 0 Å². The van der Waals surface area contributed by atoms with E-state index < -0.39 is 0 Å². The van der Waals surface area contributed by atoms with E-state index in [1.54, 1.807) is 0 Å². The molecule has 1 saturated carbocycles. The SMILES string of the molecule is CN1CCN(c2cc(NC(=O)NC3CCCC3)ncn2)CC1. The maximum atomic E-state index is 12.0. The minimum atomic E-state index is -0.171. The van der Waals surface area contributed by atoms with Crippen molar-refractivity contribution in [3.8, 4) is 0 Å². The van der Waals surface area contributed by atoms with E-state index >= 15 is 0 Å². The molecule has 1 aliphatic carbocycles. The summed E-state index contributed by atoms with van der Waals surface area (Å²) in [5, 5.41) is 5.82. The molecule has 2 aliphatic rings. The second kappa shape index (κ2) is 6.91. The number of carbonyl (C=O) groups is 1. The lowest BCUT2D eigenvalue weighted by atomic mass is 10.2. The number of nitrogens with zero attached hydrogens (tertiary/aromatic N) is 4. The highest BCUT2D eigenvalue weighted by Gasteiger charge is 2.18. The molecule has 0 unspecified atom stereocenters. The molecule has 120 valence electrons. The van der Waals surface area contributed by atoms with E-state index in [-0.39, 0.29) is 6.03 Å². The fourth-order valence-electron chi connectivity index (χ4n) is 3.03. The fraction of sp³-hybridized carbons (Fsp3) is 0.667. The molecule has 0 spiro atoms. The number of likely N-dealkylation sites (N-methyl/N-ethyl adjacent to an activating group) is 1. The lowest BCUT2D eigenvalue weighted by Gasteiger charge is -2.33. The van der Waals surface area contributed by atoms with Gasteiger partial charge >= 0.3 is 6.03 Å². The van der Waals surface area contributed by atoms with Crippen LogP contribution >= 0.6 is 0 Å². The predicted molar refractivity (Wildman–Crippen MR) is 86.2 cm³/mol. The van der Waals surface area contributed by atoms with Gasteiger partial charge in [0.05, 0.1) is 0 Å². The van der Waals surface area contributed by atoms with Crippen molar-refractivity contribution < 1.29 is 4.79 Å². The van der Waals surface area contributed by atoms with Gasteiger partial charge in [-0.25, -0.2) is 14.8 Å². The molecule has 0 aromatic carbocycles. The van der Waals surface area contributed by atoms with Crippen molar-refractivity contribution in [2.75, 3.05) is 43.4 Å². The summed E-state index contributed by atoms with van der Waals surface area (Å²) in [7, 11) is 2.12. The number of urea groups is 1. The summed E-state index contributed by atoms with van der Waals surface area (Å²) in [4.78, 5) is 25.0. The van der Waals surface area contributed by atoms with Crippen LogP contribution in [-0.2, 0) is 0 Å². The van der Waals surface area contributed by atoms with Crippen LogP contribution in [0, 0.1) is 0 Å². The summed E-state index contributed by atoms with van der Waals surface area (Å²) in [6, 6.07) is 1.98. The van der Waals surface area contributed by atoms with Crippen molar-refractivity contribution in [1.82, 2.24) is 20.2 Å². The second-order valence-electron chi connectivity index (χ2n) is 6.13. The fourth-order valence-corrected chi connectivity index (χ4v) is 3.03. The molecule has 2 N–H and O–H groups in total. The van der Waals surface area contributed by atoms with Gasteiger partial charge in [-0.2, -0.15) is 0 Å². The summed E-state index contributed by atoms with van der Waals surface area (Å²) < 4.78 is 0. The van der Waals surface area contributed by atoms with Gasteiger partial charge in [0.2, 0.25) is 0 Å². The average molecular weight is 304 g/mol. The number of carbonyl (C=O) groups excluding carboxylic acids is 1. The van der Waals surface area contributed by atoms with Gasteiger partial charge in [0.15, 0.2) is 0 Å². The number of rotatable bonds is 3. The zero-order valence-corrected chi connectivity index (χ0v) is 13.1. The number of nitrogens with one attached hydrogen (secondary N) is 2. The molecule has 2 fully saturated rings. The summed E-state index contributed by atoms with van der Waals surface area (Å²) in [6.45, 7) is 3.94. The third kappa shape index (κ3) is 3.85. The molecular weight excluding hydrogens is 280 g/mol. The van der Waals surface area contributed by atoms with Gasteiger partial charge in [-0.1, -0.05) is 12.8 Å². The highest BCUT2D eigenvalue weighted by Crippen LogP contribution is 2.18. The number of anilines is 2. The molecule has 1 saturated heterocycles. The Morgan fingerprint density at radius 2 is 1.91 bits per heavy atom. The number of amides is 2. The molecule has 2 heterocycles. The van der Waals surface area contributed by atoms with E-state index in [0.29, 0.717) is 11.9 Å². The molecule has 1 aliphatic heterocycles. The van der Waals surface area contributed by atoms with E-state index in [0.717, 1.165) is 44.8 Å². The average Bonchev–Trinajstić information content (AvgIpc) is 3.01. The van der Waals surface area contributed by atoms with E-state index in [9.17, 15) is 4.79 Å². The van der Waals surface area contributed by atoms with E-state index in [1.807, 2.05) is 6.07 Å². The molecule has 7 heteroatoms. The Hall–Kier alpha value is -1.89. The van der Waals surface area contributed by atoms with Crippen LogP contribution in [0.2, 0.25) is 0 Å². The highest BCUT2D eigenvalue weighted by molar-refractivity contribution is 5.88. The standard InChI is InChI=1S/C15H24N6O/c1-20-6-8-21(9-7-20)14-10-13(16-11-17-14)19-15(22)18-12-4-2-3-5-12/h10-12H,2-9H2,1H3,(H2,16,17,18,19,22). The van der Waals surface area contributed by atoms with Gasteiger partial charge in [-0.3, -0.25) is 5.32 Å². The van der Waals surface area contributed by atoms with Crippen LogP contribution in [0.15, 0.2) is 12.4 Å². The minimum Gasteiger partial charge on any atom is -0.354 e. The first-order valence-corrected chi connectivity index (χ1v) is 8.04. The van der Waals surface area contributed by atoms with E-state index in [4.69, 9.17) is 0 Å². The van der Waals surface area contributed by atoms with Crippen molar-refractivity contribution >= 4 is 17.7 Å². The molecule has 1 aromatic rings. The normalized spacial score (nSPS) is 20.1. The maximum absolute atomic E-state index is 12.0. The van der Waals surface area contributed by atoms with Crippen LogP contribution in [0.25, 0.3) is 0 Å². The number of piperazine rings is 1. The monoisotopic (exact) mass is 304 g/mol. The Labute approximate surface area is 131 Å². The Morgan fingerprint density at radius 1 is 1.18 bits per heavy atom. The van der Waals surface area contributed by atoms with Crippen LogP contribution < -0.4 is 15.5 Å². The third-order valence-corrected chi connectivity index (χ3v) is 4.41. The number of hydrogen-bond donors (Lipinski definition) is 2. The molecule has 0 atom stereocenters. The first kappa shape index (κ1) is 15.0. The van der Waals surface area contributed by atoms with E-state index in [1.165, 1.54) is 19.2 Å². The molecule has 22 heavy (non-hydrogen) atoms. The zero-order valence-electron chi connectivity index (χ0n) is 13.1. The summed E-state index contributed by atoms with van der Waals surface area (Å²) in [6.07, 6.45) is 6.06. The molecule has 1 aromatic heterocycles. The predicted octanol–water partition coefficient (Wildman–Crippen LogP) is 1.29. The topological polar surface area (TPSA) is 73.4 Å². The van der Waals surface area contributed by atoms with Crippen LogP contribution in [-0.4, -0.2) is 60.2 Å². The summed E-state index contributed by atoms with van der Waals surface area (Å²) in [5.74, 6) is 1.43. The first-order valence-electron chi connectivity index (χ1n) is 8.04. The summed E-state index contributed by atoms with van der Waals surface area (Å²) in [5.41, 5.74) is 0. The van der Waals surface area contributed by atoms with Crippen LogP contribution in [0.5, 0.6) is 0 Å². The molecule has 2 amide bonds. The van der Waals surface area contributed by atoms with Gasteiger partial charge in [0.25, 0.3) is 0 Å². The molecule has 0 bridgehead atoms. The number of aromatic nitrogens is 2. The van der Waals surface area contributed by atoms with Crippen molar-refractivity contribution in [3.05, 3.63) is 12.4 Å². The van der Waals surface area contributed by atoms with Gasteiger partial charge in [0, 0.05) is 38.3 Å². The summed E-state index contributed by atoms with van der Waals surface area (Å²) >= 11 is 0. The van der Waals surface area contributed by atoms with Gasteiger partial charge < -0.3 is 15.1 Å². The molecular formula is C15H24N6O. The zero-order chi connectivity index (χ0) is 15.4. The minimum absolute atomic E-state index is 0.171. The van der Waals surface area contributed by atoms with Gasteiger partial charge in [-0.05, 0) is 19.9 Å². The Bertz CT molecular complexity index is 509. The van der Waals surface area contributed by atoms with Gasteiger partial charge in [0.1, 0.15) is 18.0 Å². The lowest BCUT2D eigenvalue weighted by molar-refractivity contribution is 0.248. The van der Waals surface area contributed by atoms with Gasteiger partial charge in [-0.15, -0.1) is 0 Å². The first-order chi connectivity index (χ1) is 10.7. The van der Waals surface area contributed by atoms with Crippen LogP contribution in [0.3, 0.4) is 0 Å². The van der Waals surface area contributed by atoms with Crippen LogP contribution in [0.1, 0.15) is 25.7 Å². The maximum Gasteiger partial charge on any atom is 0.320 e. The second-order valence-corrected chi connectivity index (χ2v) is 6.13. The van der Waals surface area contributed by atoms with E-state index in [2.05, 4.69) is 37.4 Å². The van der Waals surface area contributed by atoms with Crippen molar-refractivity contribution in [2.45, 2.75) is 31.7 Å². The largest absolute Gasteiger partial charge is 0.354 e. The Morgan fingerprint density at radius 3 is 2.64 bits per heavy atom.